The number of piperidine rings is 1. The fourth-order valence-electron chi connectivity index (χ4n) is 2.22. The lowest BCUT2D eigenvalue weighted by atomic mass is 9.98. The van der Waals surface area contributed by atoms with Crippen LogP contribution in [0, 0.1) is 17.2 Å². The molecular formula is C13H24N2. The Hall–Kier alpha value is -0.550. The number of rotatable bonds is 6. The lowest BCUT2D eigenvalue weighted by Gasteiger charge is -2.28. The van der Waals surface area contributed by atoms with Gasteiger partial charge in [0.2, 0.25) is 0 Å². The smallest absolute Gasteiger partial charge is 0.0656 e. The van der Waals surface area contributed by atoms with E-state index in [9.17, 15) is 0 Å². The Bertz CT molecular complexity index is 187. The zero-order chi connectivity index (χ0) is 10.9. The van der Waals surface area contributed by atoms with E-state index in [-0.39, 0.29) is 0 Å². The van der Waals surface area contributed by atoms with Crippen LogP contribution in [0.15, 0.2) is 0 Å². The molecular weight excluding hydrogens is 184 g/mol. The van der Waals surface area contributed by atoms with Gasteiger partial charge in [-0.05, 0) is 38.9 Å². The summed E-state index contributed by atoms with van der Waals surface area (Å²) in [5.41, 5.74) is 0. The number of nitriles is 1. The first-order valence-corrected chi connectivity index (χ1v) is 6.48. The van der Waals surface area contributed by atoms with Crippen LogP contribution in [-0.2, 0) is 0 Å². The first-order chi connectivity index (χ1) is 7.36. The van der Waals surface area contributed by atoms with Gasteiger partial charge in [-0.25, -0.2) is 0 Å². The summed E-state index contributed by atoms with van der Waals surface area (Å²) in [6.07, 6.45) is 9.01. The molecule has 1 aliphatic rings. The highest BCUT2D eigenvalue weighted by atomic mass is 15.1. The lowest BCUT2D eigenvalue weighted by Crippen LogP contribution is -2.33. The van der Waals surface area contributed by atoms with E-state index in [0.717, 1.165) is 25.9 Å². The maximum Gasteiger partial charge on any atom is 0.0656 e. The maximum absolute atomic E-state index is 8.78. The monoisotopic (exact) mass is 208 g/mol. The summed E-state index contributed by atoms with van der Waals surface area (Å²) in [5, 5.41) is 8.78. The van der Waals surface area contributed by atoms with E-state index in [1.165, 1.54) is 38.6 Å². The van der Waals surface area contributed by atoms with E-state index in [0.29, 0.717) is 5.92 Å². The van der Waals surface area contributed by atoms with Crippen LogP contribution in [0.3, 0.4) is 0 Å². The molecule has 0 bridgehead atoms. The summed E-state index contributed by atoms with van der Waals surface area (Å²) in [5.74, 6) is 0.335. The molecule has 0 atom stereocenters. The molecule has 1 rings (SSSR count). The fraction of sp³-hybridized carbons (Fsp3) is 0.923. The van der Waals surface area contributed by atoms with Crippen LogP contribution in [0.2, 0.25) is 0 Å². The van der Waals surface area contributed by atoms with Crippen molar-refractivity contribution in [3.63, 3.8) is 0 Å². The Kier molecular flexibility index (Phi) is 6.43. The molecule has 0 aromatic heterocycles. The van der Waals surface area contributed by atoms with Crippen molar-refractivity contribution in [2.75, 3.05) is 19.6 Å². The van der Waals surface area contributed by atoms with Gasteiger partial charge in [0.05, 0.1) is 6.07 Å². The van der Waals surface area contributed by atoms with Gasteiger partial charge < -0.3 is 4.90 Å². The molecule has 1 fully saturated rings. The molecule has 0 aromatic carbocycles. The zero-order valence-corrected chi connectivity index (χ0v) is 10.0. The third-order valence-electron chi connectivity index (χ3n) is 3.35. The number of likely N-dealkylation sites (tertiary alicyclic amines) is 1. The third-order valence-corrected chi connectivity index (χ3v) is 3.35. The summed E-state index contributed by atoms with van der Waals surface area (Å²) >= 11 is 0. The zero-order valence-electron chi connectivity index (χ0n) is 10.0. The quantitative estimate of drug-likeness (QED) is 0.627. The molecule has 86 valence electrons. The van der Waals surface area contributed by atoms with Gasteiger partial charge in [-0.2, -0.15) is 5.26 Å². The minimum atomic E-state index is 0.335. The second-order valence-electron chi connectivity index (χ2n) is 4.66. The Morgan fingerprint density at radius 2 is 1.80 bits per heavy atom. The lowest BCUT2D eigenvalue weighted by molar-refractivity contribution is 0.202. The second kappa shape index (κ2) is 7.70. The van der Waals surface area contributed by atoms with Crippen molar-refractivity contribution in [2.45, 2.75) is 51.9 Å². The Labute approximate surface area is 94.3 Å². The molecule has 2 heteroatoms. The van der Waals surface area contributed by atoms with Crippen molar-refractivity contribution in [3.05, 3.63) is 0 Å². The van der Waals surface area contributed by atoms with Crippen LogP contribution in [0.25, 0.3) is 0 Å². The molecule has 0 aromatic rings. The first-order valence-electron chi connectivity index (χ1n) is 6.48. The van der Waals surface area contributed by atoms with E-state index in [1.54, 1.807) is 0 Å². The molecule has 1 heterocycles. The normalized spacial score (nSPS) is 18.9. The van der Waals surface area contributed by atoms with Gasteiger partial charge in [0, 0.05) is 5.92 Å². The molecule has 0 aliphatic carbocycles. The minimum Gasteiger partial charge on any atom is -0.303 e. The van der Waals surface area contributed by atoms with Gasteiger partial charge in [-0.1, -0.05) is 32.6 Å². The second-order valence-corrected chi connectivity index (χ2v) is 4.66. The topological polar surface area (TPSA) is 27.0 Å². The van der Waals surface area contributed by atoms with Crippen molar-refractivity contribution in [1.82, 2.24) is 4.90 Å². The molecule has 1 saturated heterocycles. The summed E-state index contributed by atoms with van der Waals surface area (Å²) in [7, 11) is 0. The van der Waals surface area contributed by atoms with Gasteiger partial charge in [0.25, 0.3) is 0 Å². The van der Waals surface area contributed by atoms with Crippen LogP contribution in [0.4, 0.5) is 0 Å². The summed E-state index contributed by atoms with van der Waals surface area (Å²) < 4.78 is 0. The highest BCUT2D eigenvalue weighted by Gasteiger charge is 2.17. The molecule has 1 aliphatic heterocycles. The summed E-state index contributed by atoms with van der Waals surface area (Å²) in [4.78, 5) is 2.53. The molecule has 0 N–H and O–H groups in total. The van der Waals surface area contributed by atoms with Crippen molar-refractivity contribution in [2.24, 2.45) is 5.92 Å². The van der Waals surface area contributed by atoms with E-state index in [1.807, 2.05) is 0 Å². The highest BCUT2D eigenvalue weighted by molar-refractivity contribution is 4.87. The molecule has 0 radical (unpaired) electrons. The van der Waals surface area contributed by atoms with Crippen molar-refractivity contribution >= 4 is 0 Å². The molecule has 0 unspecified atom stereocenters. The average Bonchev–Trinajstić information content (AvgIpc) is 2.30. The number of nitrogens with zero attached hydrogens (tertiary/aromatic N) is 2. The Morgan fingerprint density at radius 3 is 2.40 bits per heavy atom. The highest BCUT2D eigenvalue weighted by Crippen LogP contribution is 2.16. The predicted molar refractivity (Wildman–Crippen MR) is 63.5 cm³/mol. The summed E-state index contributed by atoms with van der Waals surface area (Å²) in [6, 6.07) is 2.38. The van der Waals surface area contributed by atoms with Crippen molar-refractivity contribution < 1.29 is 0 Å². The van der Waals surface area contributed by atoms with Gasteiger partial charge in [-0.15, -0.1) is 0 Å². The standard InChI is InChI=1S/C13H24N2/c1-2-3-4-5-6-9-15-10-7-13(12-14)8-11-15/h13H,2-11H2,1H3. The van der Waals surface area contributed by atoms with E-state index < -0.39 is 0 Å². The average molecular weight is 208 g/mol. The molecule has 0 saturated carbocycles. The Morgan fingerprint density at radius 1 is 1.13 bits per heavy atom. The van der Waals surface area contributed by atoms with Crippen LogP contribution in [0.5, 0.6) is 0 Å². The molecule has 0 amide bonds. The number of hydrogen-bond donors (Lipinski definition) is 0. The third kappa shape index (κ3) is 5.18. The SMILES string of the molecule is CCCCCCCN1CCC(C#N)CC1. The van der Waals surface area contributed by atoms with Gasteiger partial charge in [0.15, 0.2) is 0 Å². The van der Waals surface area contributed by atoms with Crippen LogP contribution in [0.1, 0.15) is 51.9 Å². The largest absolute Gasteiger partial charge is 0.303 e. The summed E-state index contributed by atoms with van der Waals surface area (Å²) in [6.45, 7) is 5.80. The number of unbranched alkanes of at least 4 members (excludes halogenated alkanes) is 4. The molecule has 0 spiro atoms. The van der Waals surface area contributed by atoms with Gasteiger partial charge in [0.1, 0.15) is 0 Å². The van der Waals surface area contributed by atoms with Gasteiger partial charge in [-0.3, -0.25) is 0 Å². The van der Waals surface area contributed by atoms with Crippen LogP contribution in [-0.4, -0.2) is 24.5 Å². The predicted octanol–water partition coefficient (Wildman–Crippen LogP) is 3.19. The van der Waals surface area contributed by atoms with Crippen molar-refractivity contribution in [3.8, 4) is 6.07 Å². The maximum atomic E-state index is 8.78. The molecule has 2 nitrogen and oxygen atoms in total. The Balaban J connectivity index is 1.97. The number of hydrogen-bond acceptors (Lipinski definition) is 2. The van der Waals surface area contributed by atoms with Crippen molar-refractivity contribution in [1.29, 1.82) is 5.26 Å². The fourth-order valence-corrected chi connectivity index (χ4v) is 2.22. The van der Waals surface area contributed by atoms with E-state index in [2.05, 4.69) is 17.9 Å². The van der Waals surface area contributed by atoms with E-state index >= 15 is 0 Å². The first kappa shape index (κ1) is 12.5. The van der Waals surface area contributed by atoms with Crippen LogP contribution >= 0.6 is 0 Å². The molecule has 15 heavy (non-hydrogen) atoms. The van der Waals surface area contributed by atoms with Gasteiger partial charge >= 0.3 is 0 Å². The van der Waals surface area contributed by atoms with E-state index in [4.69, 9.17) is 5.26 Å². The van der Waals surface area contributed by atoms with Crippen LogP contribution < -0.4 is 0 Å². The minimum absolute atomic E-state index is 0.335.